The van der Waals surface area contributed by atoms with Crippen LogP contribution in [0.4, 0.5) is 0 Å². The molecule has 2 nitrogen and oxygen atoms in total. The van der Waals surface area contributed by atoms with Crippen LogP contribution in [0.2, 0.25) is 0 Å². The summed E-state index contributed by atoms with van der Waals surface area (Å²) < 4.78 is 11.5. The van der Waals surface area contributed by atoms with Crippen molar-refractivity contribution in [3.8, 4) is 0 Å². The van der Waals surface area contributed by atoms with Crippen LogP contribution in [-0.2, 0) is 9.47 Å². The van der Waals surface area contributed by atoms with Crippen molar-refractivity contribution in [2.75, 3.05) is 19.0 Å². The highest BCUT2D eigenvalue weighted by Gasteiger charge is 2.28. The second-order valence-corrected chi connectivity index (χ2v) is 6.78. The van der Waals surface area contributed by atoms with E-state index in [1.807, 2.05) is 17.8 Å². The van der Waals surface area contributed by atoms with Crippen LogP contribution < -0.4 is 0 Å². The third kappa shape index (κ3) is 4.68. The smallest absolute Gasteiger partial charge is 0.179 e. The molecule has 1 saturated heterocycles. The predicted molar refractivity (Wildman–Crippen MR) is 80.4 cm³/mol. The lowest BCUT2D eigenvalue weighted by Gasteiger charge is -2.35. The van der Waals surface area contributed by atoms with Crippen LogP contribution >= 0.6 is 11.8 Å². The molecule has 0 aliphatic carbocycles. The number of rotatable bonds is 4. The summed E-state index contributed by atoms with van der Waals surface area (Å²) in [4.78, 5) is 1.29. The van der Waals surface area contributed by atoms with E-state index in [2.05, 4.69) is 51.1 Å². The molecule has 0 aromatic heterocycles. The zero-order valence-corrected chi connectivity index (χ0v) is 12.7. The molecule has 1 aromatic rings. The first-order chi connectivity index (χ1) is 9.07. The first-order valence-electron chi connectivity index (χ1n) is 6.64. The summed E-state index contributed by atoms with van der Waals surface area (Å²) in [6, 6.07) is 10.4. The Morgan fingerprint density at radius 1 is 1.26 bits per heavy atom. The van der Waals surface area contributed by atoms with E-state index in [0.29, 0.717) is 0 Å². The Morgan fingerprint density at radius 2 is 1.89 bits per heavy atom. The highest BCUT2D eigenvalue weighted by molar-refractivity contribution is 7.99. The lowest BCUT2D eigenvalue weighted by atomic mass is 9.95. The standard InChI is InChI=1S/C16H22O2S/c1-13(15-17-11-16(2,3)12-18-15)9-10-19-14-7-5-4-6-8-14/h4-9,15H,10-12H2,1-3H3/b13-9+. The molecule has 104 valence electrons. The molecule has 1 aliphatic rings. The molecule has 0 spiro atoms. The van der Waals surface area contributed by atoms with Crippen LogP contribution in [-0.4, -0.2) is 25.3 Å². The van der Waals surface area contributed by atoms with E-state index in [1.165, 1.54) is 10.5 Å². The van der Waals surface area contributed by atoms with Crippen molar-refractivity contribution in [3.63, 3.8) is 0 Å². The number of ether oxygens (including phenoxy) is 2. The second kappa shape index (κ2) is 6.60. The van der Waals surface area contributed by atoms with E-state index in [9.17, 15) is 0 Å². The third-order valence-corrected chi connectivity index (χ3v) is 3.96. The number of hydrogen-bond acceptors (Lipinski definition) is 3. The van der Waals surface area contributed by atoms with Gasteiger partial charge in [0.15, 0.2) is 6.29 Å². The van der Waals surface area contributed by atoms with E-state index in [4.69, 9.17) is 9.47 Å². The monoisotopic (exact) mass is 278 g/mol. The minimum absolute atomic E-state index is 0.134. The maximum absolute atomic E-state index is 5.76. The van der Waals surface area contributed by atoms with Gasteiger partial charge in [-0.3, -0.25) is 0 Å². The van der Waals surface area contributed by atoms with Gasteiger partial charge in [0, 0.05) is 16.1 Å². The van der Waals surface area contributed by atoms with Crippen molar-refractivity contribution in [2.24, 2.45) is 5.41 Å². The van der Waals surface area contributed by atoms with Crippen LogP contribution in [0.15, 0.2) is 46.9 Å². The molecule has 1 aliphatic heterocycles. The first kappa shape index (κ1) is 14.6. The molecule has 1 aromatic carbocycles. The Hall–Kier alpha value is -0.770. The van der Waals surface area contributed by atoms with E-state index >= 15 is 0 Å². The van der Waals surface area contributed by atoms with Crippen LogP contribution in [0.3, 0.4) is 0 Å². The van der Waals surface area contributed by atoms with E-state index in [0.717, 1.165) is 19.0 Å². The number of thioether (sulfide) groups is 1. The highest BCUT2D eigenvalue weighted by atomic mass is 32.2. The summed E-state index contributed by atoms with van der Waals surface area (Å²) in [5.74, 6) is 0.947. The lowest BCUT2D eigenvalue weighted by Crippen LogP contribution is -2.38. The summed E-state index contributed by atoms with van der Waals surface area (Å²) in [6.45, 7) is 7.92. The summed E-state index contributed by atoms with van der Waals surface area (Å²) in [5.41, 5.74) is 1.30. The molecule has 0 radical (unpaired) electrons. The normalized spacial score (nSPS) is 20.5. The Morgan fingerprint density at radius 3 is 2.53 bits per heavy atom. The van der Waals surface area contributed by atoms with Gasteiger partial charge in [0.2, 0.25) is 0 Å². The Balaban J connectivity index is 1.80. The molecule has 0 unspecified atom stereocenters. The third-order valence-electron chi connectivity index (χ3n) is 3.02. The van der Waals surface area contributed by atoms with Crippen LogP contribution in [0, 0.1) is 5.41 Å². The molecule has 2 rings (SSSR count). The molecule has 19 heavy (non-hydrogen) atoms. The Bertz CT molecular complexity index is 416. The van der Waals surface area contributed by atoms with Crippen LogP contribution in [0.5, 0.6) is 0 Å². The van der Waals surface area contributed by atoms with E-state index in [-0.39, 0.29) is 11.7 Å². The number of benzene rings is 1. The van der Waals surface area contributed by atoms with Gasteiger partial charge in [0.05, 0.1) is 13.2 Å². The predicted octanol–water partition coefficient (Wildman–Crippen LogP) is 4.12. The largest absolute Gasteiger partial charge is 0.348 e. The molecular formula is C16H22O2S. The average Bonchev–Trinajstić information content (AvgIpc) is 2.39. The van der Waals surface area contributed by atoms with Crippen molar-refractivity contribution in [2.45, 2.75) is 32.0 Å². The van der Waals surface area contributed by atoms with Crippen molar-refractivity contribution >= 4 is 11.8 Å². The number of hydrogen-bond donors (Lipinski definition) is 0. The van der Waals surface area contributed by atoms with Gasteiger partial charge in [-0.1, -0.05) is 38.1 Å². The average molecular weight is 278 g/mol. The van der Waals surface area contributed by atoms with Gasteiger partial charge in [0.1, 0.15) is 0 Å². The summed E-state index contributed by atoms with van der Waals surface area (Å²) in [7, 11) is 0. The van der Waals surface area contributed by atoms with Gasteiger partial charge < -0.3 is 9.47 Å². The van der Waals surface area contributed by atoms with E-state index < -0.39 is 0 Å². The molecule has 0 atom stereocenters. The van der Waals surface area contributed by atoms with Crippen LogP contribution in [0.25, 0.3) is 0 Å². The molecule has 1 fully saturated rings. The molecular weight excluding hydrogens is 256 g/mol. The molecule has 0 saturated carbocycles. The van der Waals surface area contributed by atoms with Crippen molar-refractivity contribution in [3.05, 3.63) is 42.0 Å². The Kier molecular flexibility index (Phi) is 5.08. The van der Waals surface area contributed by atoms with Gasteiger partial charge in [-0.2, -0.15) is 0 Å². The van der Waals surface area contributed by atoms with Crippen molar-refractivity contribution < 1.29 is 9.47 Å². The fourth-order valence-electron chi connectivity index (χ4n) is 1.84. The van der Waals surface area contributed by atoms with Gasteiger partial charge in [-0.15, -0.1) is 11.8 Å². The summed E-state index contributed by atoms with van der Waals surface area (Å²) in [5, 5.41) is 0. The zero-order chi connectivity index (χ0) is 13.7. The molecule has 0 bridgehead atoms. The van der Waals surface area contributed by atoms with Gasteiger partial charge in [-0.25, -0.2) is 0 Å². The molecule has 0 amide bonds. The maximum atomic E-state index is 5.76. The van der Waals surface area contributed by atoms with Gasteiger partial charge in [-0.05, 0) is 24.6 Å². The topological polar surface area (TPSA) is 18.5 Å². The maximum Gasteiger partial charge on any atom is 0.179 e. The molecule has 1 heterocycles. The summed E-state index contributed by atoms with van der Waals surface area (Å²) in [6.07, 6.45) is 2.03. The summed E-state index contributed by atoms with van der Waals surface area (Å²) >= 11 is 1.83. The quantitative estimate of drug-likeness (QED) is 0.609. The Labute approximate surface area is 120 Å². The van der Waals surface area contributed by atoms with Gasteiger partial charge in [0.25, 0.3) is 0 Å². The molecule has 3 heteroatoms. The second-order valence-electron chi connectivity index (χ2n) is 5.69. The zero-order valence-electron chi connectivity index (χ0n) is 11.9. The van der Waals surface area contributed by atoms with Crippen LogP contribution in [0.1, 0.15) is 20.8 Å². The minimum Gasteiger partial charge on any atom is -0.348 e. The van der Waals surface area contributed by atoms with Crippen molar-refractivity contribution in [1.82, 2.24) is 0 Å². The first-order valence-corrected chi connectivity index (χ1v) is 7.63. The van der Waals surface area contributed by atoms with Crippen molar-refractivity contribution in [1.29, 1.82) is 0 Å². The van der Waals surface area contributed by atoms with Gasteiger partial charge >= 0.3 is 0 Å². The molecule has 0 N–H and O–H groups in total. The fourth-order valence-corrected chi connectivity index (χ4v) is 2.73. The van der Waals surface area contributed by atoms with E-state index in [1.54, 1.807) is 0 Å². The highest BCUT2D eigenvalue weighted by Crippen LogP contribution is 2.26. The fraction of sp³-hybridized carbons (Fsp3) is 0.500. The lowest BCUT2D eigenvalue weighted by molar-refractivity contribution is -0.202. The SMILES string of the molecule is C/C(=C\CSc1ccccc1)C1OCC(C)(C)CO1. The minimum atomic E-state index is -0.163.